The Morgan fingerprint density at radius 2 is 2.21 bits per heavy atom. The van der Waals surface area contributed by atoms with Gasteiger partial charge < -0.3 is 4.74 Å². The Kier molecular flexibility index (Phi) is 3.41. The first-order valence-electron chi connectivity index (χ1n) is 4.17. The van der Waals surface area contributed by atoms with E-state index in [1.54, 1.807) is 0 Å². The maximum atomic E-state index is 11.3. The average Bonchev–Trinajstić information content (AvgIpc) is 2.16. The molecule has 1 heterocycles. The lowest BCUT2D eigenvalue weighted by atomic mass is 10.1. The van der Waals surface area contributed by atoms with Crippen molar-refractivity contribution in [2.75, 3.05) is 7.11 Å². The Labute approximate surface area is 87.3 Å². The molecule has 1 rings (SSSR count). The second-order valence-corrected chi connectivity index (χ2v) is 3.42. The predicted molar refractivity (Wildman–Crippen MR) is 52.5 cm³/mol. The number of rotatable bonds is 2. The summed E-state index contributed by atoms with van der Waals surface area (Å²) in [4.78, 5) is 19.0. The van der Waals surface area contributed by atoms with Gasteiger partial charge in [0.25, 0.3) is 0 Å². The van der Waals surface area contributed by atoms with E-state index >= 15 is 0 Å². The molecule has 0 N–H and O–H groups in total. The van der Waals surface area contributed by atoms with Gasteiger partial charge in [0.05, 0.1) is 18.4 Å². The van der Waals surface area contributed by atoms with E-state index < -0.39 is 5.97 Å². The molecule has 76 valence electrons. The van der Waals surface area contributed by atoms with Gasteiger partial charge in [0, 0.05) is 6.20 Å². The van der Waals surface area contributed by atoms with E-state index in [0.29, 0.717) is 11.3 Å². The highest BCUT2D eigenvalue weighted by Crippen LogP contribution is 2.18. The number of nitrogens with zero attached hydrogens (tertiary/aromatic N) is 2. The van der Waals surface area contributed by atoms with Crippen LogP contribution >= 0.6 is 11.6 Å². The fraction of sp³-hybridized carbons (Fsp3) is 0.444. The Morgan fingerprint density at radius 3 is 2.71 bits per heavy atom. The van der Waals surface area contributed by atoms with E-state index in [2.05, 4.69) is 14.7 Å². The summed E-state index contributed by atoms with van der Waals surface area (Å²) in [5, 5.41) is 0.140. The largest absolute Gasteiger partial charge is 0.465 e. The third-order valence-corrected chi connectivity index (χ3v) is 1.92. The normalized spacial score (nSPS) is 10.4. The van der Waals surface area contributed by atoms with E-state index in [9.17, 15) is 4.79 Å². The Hall–Kier alpha value is -1.16. The van der Waals surface area contributed by atoms with Crippen LogP contribution in [0.25, 0.3) is 0 Å². The molecular formula is C9H11ClN2O2. The fourth-order valence-electron chi connectivity index (χ4n) is 1.08. The van der Waals surface area contributed by atoms with E-state index in [1.807, 2.05) is 13.8 Å². The molecule has 0 radical (unpaired) electrons. The molecule has 0 saturated heterocycles. The van der Waals surface area contributed by atoms with Crippen LogP contribution < -0.4 is 0 Å². The van der Waals surface area contributed by atoms with Crippen molar-refractivity contribution in [3.05, 3.63) is 22.7 Å². The molecule has 0 aliphatic carbocycles. The van der Waals surface area contributed by atoms with Gasteiger partial charge in [-0.15, -0.1) is 0 Å². The van der Waals surface area contributed by atoms with Crippen LogP contribution in [0.1, 0.15) is 35.8 Å². The maximum absolute atomic E-state index is 11.3. The number of hydrogen-bond acceptors (Lipinski definition) is 4. The lowest BCUT2D eigenvalue weighted by molar-refractivity contribution is 0.0598. The highest BCUT2D eigenvalue weighted by Gasteiger charge is 2.16. The molecule has 5 heteroatoms. The van der Waals surface area contributed by atoms with Gasteiger partial charge in [-0.1, -0.05) is 13.8 Å². The molecule has 14 heavy (non-hydrogen) atoms. The van der Waals surface area contributed by atoms with Gasteiger partial charge >= 0.3 is 5.97 Å². The van der Waals surface area contributed by atoms with Gasteiger partial charge in [-0.25, -0.2) is 14.8 Å². The van der Waals surface area contributed by atoms with Crippen LogP contribution in [0, 0.1) is 0 Å². The number of esters is 1. The molecule has 1 aromatic rings. The standard InChI is InChI=1S/C9H11ClN2O2/c1-5(2)7-6(8(13)14-3)4-11-9(10)12-7/h4-5H,1-3H3. The lowest BCUT2D eigenvalue weighted by Gasteiger charge is -2.08. The summed E-state index contributed by atoms with van der Waals surface area (Å²) in [5.74, 6) is -0.338. The van der Waals surface area contributed by atoms with Crippen molar-refractivity contribution in [3.8, 4) is 0 Å². The molecule has 0 fully saturated rings. The van der Waals surface area contributed by atoms with Crippen molar-refractivity contribution >= 4 is 17.6 Å². The number of halogens is 1. The van der Waals surface area contributed by atoms with Crippen molar-refractivity contribution in [1.29, 1.82) is 0 Å². The zero-order valence-corrected chi connectivity index (χ0v) is 9.00. The molecule has 0 atom stereocenters. The van der Waals surface area contributed by atoms with Crippen LogP contribution in [0.2, 0.25) is 5.28 Å². The summed E-state index contributed by atoms with van der Waals surface area (Å²) in [6, 6.07) is 0. The first-order chi connectivity index (χ1) is 6.56. The minimum absolute atomic E-state index is 0.101. The molecule has 0 unspecified atom stereocenters. The minimum atomic E-state index is -0.439. The summed E-state index contributed by atoms with van der Waals surface area (Å²) < 4.78 is 4.60. The summed E-state index contributed by atoms with van der Waals surface area (Å²) in [6.07, 6.45) is 1.39. The molecule has 4 nitrogen and oxygen atoms in total. The molecule has 0 spiro atoms. The molecule has 1 aromatic heterocycles. The van der Waals surface area contributed by atoms with Gasteiger partial charge in [0.1, 0.15) is 0 Å². The highest BCUT2D eigenvalue weighted by atomic mass is 35.5. The number of aromatic nitrogens is 2. The second kappa shape index (κ2) is 4.37. The van der Waals surface area contributed by atoms with Crippen LogP contribution in [0.3, 0.4) is 0 Å². The first kappa shape index (κ1) is 10.9. The lowest BCUT2D eigenvalue weighted by Crippen LogP contribution is -2.10. The molecule has 0 aromatic carbocycles. The smallest absolute Gasteiger partial charge is 0.341 e. The summed E-state index contributed by atoms with van der Waals surface area (Å²) >= 11 is 5.63. The SMILES string of the molecule is COC(=O)c1cnc(Cl)nc1C(C)C. The predicted octanol–water partition coefficient (Wildman–Crippen LogP) is 2.04. The zero-order chi connectivity index (χ0) is 10.7. The van der Waals surface area contributed by atoms with Crippen LogP contribution in [0.15, 0.2) is 6.20 Å². The van der Waals surface area contributed by atoms with Crippen molar-refractivity contribution < 1.29 is 9.53 Å². The van der Waals surface area contributed by atoms with Crippen LogP contribution in [-0.4, -0.2) is 23.0 Å². The molecule has 0 aliphatic rings. The fourth-order valence-corrected chi connectivity index (χ4v) is 1.22. The summed E-state index contributed by atoms with van der Waals surface area (Å²) in [7, 11) is 1.32. The quantitative estimate of drug-likeness (QED) is 0.559. The summed E-state index contributed by atoms with van der Waals surface area (Å²) in [5.41, 5.74) is 0.976. The minimum Gasteiger partial charge on any atom is -0.465 e. The Balaban J connectivity index is 3.21. The molecule has 0 bridgehead atoms. The Bertz CT molecular complexity index is 353. The molecule has 0 amide bonds. The second-order valence-electron chi connectivity index (χ2n) is 3.08. The van der Waals surface area contributed by atoms with Gasteiger partial charge in [-0.05, 0) is 17.5 Å². The van der Waals surface area contributed by atoms with Crippen molar-refractivity contribution in [2.45, 2.75) is 19.8 Å². The van der Waals surface area contributed by atoms with Crippen molar-refractivity contribution in [3.63, 3.8) is 0 Å². The molecule has 0 aliphatic heterocycles. The maximum Gasteiger partial charge on any atom is 0.341 e. The monoisotopic (exact) mass is 214 g/mol. The topological polar surface area (TPSA) is 52.1 Å². The number of ether oxygens (including phenoxy) is 1. The average molecular weight is 215 g/mol. The third kappa shape index (κ3) is 2.20. The summed E-state index contributed by atoms with van der Waals surface area (Å²) in [6.45, 7) is 3.84. The third-order valence-electron chi connectivity index (χ3n) is 1.74. The van der Waals surface area contributed by atoms with Crippen LogP contribution in [-0.2, 0) is 4.74 Å². The number of methoxy groups -OCH3 is 1. The Morgan fingerprint density at radius 1 is 1.57 bits per heavy atom. The van der Waals surface area contributed by atoms with E-state index in [4.69, 9.17) is 11.6 Å². The number of hydrogen-bond donors (Lipinski definition) is 0. The van der Waals surface area contributed by atoms with Gasteiger partial charge in [-0.2, -0.15) is 0 Å². The molecule has 0 saturated carbocycles. The molecular weight excluding hydrogens is 204 g/mol. The zero-order valence-electron chi connectivity index (χ0n) is 8.24. The van der Waals surface area contributed by atoms with Gasteiger partial charge in [-0.3, -0.25) is 0 Å². The van der Waals surface area contributed by atoms with Gasteiger partial charge in [0.15, 0.2) is 0 Å². The highest BCUT2D eigenvalue weighted by molar-refractivity contribution is 6.28. The van der Waals surface area contributed by atoms with E-state index in [0.717, 1.165) is 0 Å². The van der Waals surface area contributed by atoms with Gasteiger partial charge in [0.2, 0.25) is 5.28 Å². The van der Waals surface area contributed by atoms with Crippen molar-refractivity contribution in [1.82, 2.24) is 9.97 Å². The van der Waals surface area contributed by atoms with Crippen LogP contribution in [0.4, 0.5) is 0 Å². The number of carbonyl (C=O) groups is 1. The van der Waals surface area contributed by atoms with E-state index in [-0.39, 0.29) is 11.2 Å². The van der Waals surface area contributed by atoms with E-state index in [1.165, 1.54) is 13.3 Å². The number of carbonyl (C=O) groups excluding carboxylic acids is 1. The van der Waals surface area contributed by atoms with Crippen molar-refractivity contribution in [2.24, 2.45) is 0 Å². The first-order valence-corrected chi connectivity index (χ1v) is 4.54. The van der Waals surface area contributed by atoms with Crippen LogP contribution in [0.5, 0.6) is 0 Å².